The quantitative estimate of drug-likeness (QED) is 0.324. The summed E-state index contributed by atoms with van der Waals surface area (Å²) in [5, 5.41) is 0. The maximum absolute atomic E-state index is 6.07. The summed E-state index contributed by atoms with van der Waals surface area (Å²) in [5.41, 5.74) is 0.250. The topological polar surface area (TPSA) is 0 Å². The van der Waals surface area contributed by atoms with Crippen LogP contribution in [-0.2, 0) is 0 Å². The predicted octanol–water partition coefficient (Wildman–Crippen LogP) is -0.548. The van der Waals surface area contributed by atoms with Crippen molar-refractivity contribution in [1.29, 1.82) is 0 Å². The van der Waals surface area contributed by atoms with Crippen molar-refractivity contribution in [3.8, 4) is 0 Å². The number of quaternary nitrogens is 1. The molecule has 70 valence electrons. The highest BCUT2D eigenvalue weighted by Gasteiger charge is 2.25. The fourth-order valence-electron chi connectivity index (χ4n) is 1.43. The van der Waals surface area contributed by atoms with Gasteiger partial charge in [-0.2, -0.15) is 0 Å². The third-order valence-electron chi connectivity index (χ3n) is 2.64. The summed E-state index contributed by atoms with van der Waals surface area (Å²) in [6.07, 6.45) is 0. The monoisotopic (exact) mass is 199 g/mol. The molecule has 0 rings (SSSR count). The molecular weight excluding hydrogens is 181 g/mol. The average molecular weight is 200 g/mol. The van der Waals surface area contributed by atoms with Gasteiger partial charge in [0.1, 0.15) is 0 Å². The van der Waals surface area contributed by atoms with Crippen LogP contribution in [0.3, 0.4) is 0 Å². The van der Waals surface area contributed by atoms with Crippen molar-refractivity contribution in [2.75, 3.05) is 19.6 Å². The Morgan fingerprint density at radius 3 is 1.36 bits per heavy atom. The molecule has 1 nitrogen and oxygen atoms in total. The maximum Gasteiger partial charge on any atom is 0.162 e. The number of nitrogens with zero attached hydrogens (tertiary/aromatic N) is 1. The van der Waals surface area contributed by atoms with Gasteiger partial charge in [-0.3, -0.25) is 0 Å². The molecule has 0 spiro atoms. The first-order valence-electron chi connectivity index (χ1n) is 4.12. The predicted molar refractivity (Wildman–Crippen MR) is 47.2 cm³/mol. The Kier molecular flexibility index (Phi) is 7.81. The Hall–Kier alpha value is 0.540. The number of halogens is 2. The molecule has 3 heteroatoms. The van der Waals surface area contributed by atoms with Crippen molar-refractivity contribution in [2.24, 2.45) is 0 Å². The van der Waals surface area contributed by atoms with Crippen molar-refractivity contribution < 1.29 is 16.9 Å². The van der Waals surface area contributed by atoms with E-state index in [9.17, 15) is 0 Å². The van der Waals surface area contributed by atoms with Gasteiger partial charge in [-0.15, -0.1) is 0 Å². The third kappa shape index (κ3) is 3.18. The van der Waals surface area contributed by atoms with Gasteiger partial charge in [0, 0.05) is 6.92 Å². The minimum Gasteiger partial charge on any atom is -1.00 e. The van der Waals surface area contributed by atoms with E-state index in [-0.39, 0.29) is 17.9 Å². The lowest BCUT2D eigenvalue weighted by molar-refractivity contribution is -0.932. The zero-order chi connectivity index (χ0) is 8.20. The molecule has 0 aliphatic rings. The van der Waals surface area contributed by atoms with E-state index < -0.39 is 0 Å². The van der Waals surface area contributed by atoms with Gasteiger partial charge in [0.2, 0.25) is 0 Å². The van der Waals surface area contributed by atoms with Crippen molar-refractivity contribution in [3.05, 3.63) is 0 Å². The molecule has 0 N–H and O–H groups in total. The molecule has 1 atom stereocenters. The van der Waals surface area contributed by atoms with Crippen molar-refractivity contribution >= 4 is 11.6 Å². The Bertz CT molecular complexity index is 81.8. The molecule has 0 aromatic heterocycles. The smallest absolute Gasteiger partial charge is 0.162 e. The summed E-state index contributed by atoms with van der Waals surface area (Å²) in [5.74, 6) is 0. The zero-order valence-electron chi connectivity index (χ0n) is 7.90. The highest BCUT2D eigenvalue weighted by Crippen LogP contribution is 2.15. The maximum atomic E-state index is 6.07. The van der Waals surface area contributed by atoms with Crippen LogP contribution >= 0.6 is 11.6 Å². The van der Waals surface area contributed by atoms with Gasteiger partial charge in [0.15, 0.2) is 5.50 Å². The molecule has 0 aliphatic carbocycles. The van der Waals surface area contributed by atoms with Crippen LogP contribution < -0.4 is 12.4 Å². The van der Waals surface area contributed by atoms with Crippen LogP contribution in [-0.4, -0.2) is 29.6 Å². The first-order valence-corrected chi connectivity index (χ1v) is 4.56. The number of hydrogen-bond donors (Lipinski definition) is 0. The summed E-state index contributed by atoms with van der Waals surface area (Å²) >= 11 is 6.07. The highest BCUT2D eigenvalue weighted by atomic mass is 35.5. The summed E-state index contributed by atoms with van der Waals surface area (Å²) in [6, 6.07) is 0. The molecule has 0 fully saturated rings. The van der Waals surface area contributed by atoms with E-state index in [4.69, 9.17) is 11.6 Å². The van der Waals surface area contributed by atoms with Gasteiger partial charge in [-0.25, -0.2) is 0 Å². The molecular formula is C8H19Cl2N. The van der Waals surface area contributed by atoms with Gasteiger partial charge >= 0.3 is 0 Å². The van der Waals surface area contributed by atoms with E-state index in [0.29, 0.717) is 0 Å². The van der Waals surface area contributed by atoms with Gasteiger partial charge in [0.05, 0.1) is 19.6 Å². The largest absolute Gasteiger partial charge is 1.00 e. The number of hydrogen-bond acceptors (Lipinski definition) is 0. The molecule has 11 heavy (non-hydrogen) atoms. The van der Waals surface area contributed by atoms with Crippen molar-refractivity contribution in [1.82, 2.24) is 0 Å². The van der Waals surface area contributed by atoms with Gasteiger partial charge < -0.3 is 16.9 Å². The zero-order valence-corrected chi connectivity index (χ0v) is 9.41. The van der Waals surface area contributed by atoms with E-state index in [0.717, 1.165) is 24.1 Å². The molecule has 0 saturated heterocycles. The third-order valence-corrected chi connectivity index (χ3v) is 3.06. The second-order valence-electron chi connectivity index (χ2n) is 2.74. The first-order chi connectivity index (χ1) is 4.63. The molecule has 0 bridgehead atoms. The second-order valence-corrected chi connectivity index (χ2v) is 3.37. The molecule has 0 aromatic rings. The minimum atomic E-state index is 0. The molecule has 0 radical (unpaired) electrons. The van der Waals surface area contributed by atoms with Gasteiger partial charge in [-0.1, -0.05) is 11.6 Å². The number of alkyl halides is 1. The molecule has 0 aliphatic heterocycles. The molecule has 0 amide bonds. The molecule has 0 heterocycles. The molecule has 0 aromatic carbocycles. The van der Waals surface area contributed by atoms with Crippen molar-refractivity contribution in [3.63, 3.8) is 0 Å². The summed E-state index contributed by atoms with van der Waals surface area (Å²) < 4.78 is 1.03. The van der Waals surface area contributed by atoms with Gasteiger partial charge in [-0.05, 0) is 20.8 Å². The summed E-state index contributed by atoms with van der Waals surface area (Å²) in [7, 11) is 0. The van der Waals surface area contributed by atoms with Crippen LogP contribution in [0.25, 0.3) is 0 Å². The Balaban J connectivity index is 0. The van der Waals surface area contributed by atoms with Crippen LogP contribution in [0.4, 0.5) is 0 Å². The van der Waals surface area contributed by atoms with Gasteiger partial charge in [0.25, 0.3) is 0 Å². The average Bonchev–Trinajstić information content (AvgIpc) is 1.92. The van der Waals surface area contributed by atoms with E-state index in [1.165, 1.54) is 0 Å². The van der Waals surface area contributed by atoms with Crippen LogP contribution in [0.5, 0.6) is 0 Å². The fraction of sp³-hybridized carbons (Fsp3) is 1.00. The minimum absolute atomic E-state index is 0. The lowest BCUT2D eigenvalue weighted by Crippen LogP contribution is -3.00. The summed E-state index contributed by atoms with van der Waals surface area (Å²) in [4.78, 5) is 0. The van der Waals surface area contributed by atoms with Crippen LogP contribution in [0.1, 0.15) is 27.7 Å². The standard InChI is InChI=1S/C8H19ClN.ClH/c1-5-10(6-2,7-3)8(4)9;/h8H,5-7H2,1-4H3;1H/q+1;/p-1. The van der Waals surface area contributed by atoms with E-state index >= 15 is 0 Å². The Morgan fingerprint density at radius 2 is 1.36 bits per heavy atom. The molecule has 0 saturated carbocycles. The molecule has 1 unspecified atom stereocenters. The second kappa shape index (κ2) is 6.10. The lowest BCUT2D eigenvalue weighted by Gasteiger charge is -2.38. The highest BCUT2D eigenvalue weighted by molar-refractivity contribution is 6.19. The Morgan fingerprint density at radius 1 is 1.09 bits per heavy atom. The number of rotatable bonds is 4. The normalized spacial score (nSPS) is 13.9. The lowest BCUT2D eigenvalue weighted by atomic mass is 10.3. The van der Waals surface area contributed by atoms with E-state index in [2.05, 4.69) is 27.7 Å². The first kappa shape index (κ1) is 14.1. The van der Waals surface area contributed by atoms with E-state index in [1.54, 1.807) is 0 Å². The van der Waals surface area contributed by atoms with Crippen molar-refractivity contribution in [2.45, 2.75) is 33.2 Å². The SMILES string of the molecule is CC[N+](CC)(CC)C(C)Cl.[Cl-]. The fourth-order valence-corrected chi connectivity index (χ4v) is 1.84. The summed E-state index contributed by atoms with van der Waals surface area (Å²) in [6.45, 7) is 12.1. The van der Waals surface area contributed by atoms with Crippen LogP contribution in [0.2, 0.25) is 0 Å². The van der Waals surface area contributed by atoms with Crippen LogP contribution in [0, 0.1) is 0 Å². The van der Waals surface area contributed by atoms with Crippen LogP contribution in [0.15, 0.2) is 0 Å². The Labute approximate surface area is 81.7 Å². The van der Waals surface area contributed by atoms with E-state index in [1.807, 2.05) is 0 Å².